The van der Waals surface area contributed by atoms with E-state index in [1.54, 1.807) is 17.0 Å². The van der Waals surface area contributed by atoms with Gasteiger partial charge in [-0.05, 0) is 67.7 Å². The van der Waals surface area contributed by atoms with Crippen molar-refractivity contribution in [3.05, 3.63) is 70.3 Å². The number of aryl methyl sites for hydroxylation is 1. The number of aliphatic hydroxyl groups is 1. The Bertz CT molecular complexity index is 1080. The van der Waals surface area contributed by atoms with E-state index in [-0.39, 0.29) is 11.3 Å². The zero-order valence-electron chi connectivity index (χ0n) is 21.8. The first-order valence-corrected chi connectivity index (χ1v) is 12.6. The van der Waals surface area contributed by atoms with Crippen molar-refractivity contribution in [2.24, 2.45) is 0 Å². The summed E-state index contributed by atoms with van der Waals surface area (Å²) >= 11 is 0. The third kappa shape index (κ3) is 5.59. The number of nitrogens with zero attached hydrogens (tertiary/aromatic N) is 2. The van der Waals surface area contributed by atoms with Crippen LogP contribution in [0.5, 0.6) is 5.75 Å². The molecule has 1 fully saturated rings. The molecule has 1 heterocycles. The third-order valence-electron chi connectivity index (χ3n) is 6.77. The van der Waals surface area contributed by atoms with Crippen molar-refractivity contribution in [1.82, 2.24) is 9.80 Å². The van der Waals surface area contributed by atoms with Gasteiger partial charge in [0.25, 0.3) is 11.7 Å². The van der Waals surface area contributed by atoms with E-state index >= 15 is 0 Å². The molecule has 1 saturated heterocycles. The van der Waals surface area contributed by atoms with Gasteiger partial charge in [-0.15, -0.1) is 0 Å². The highest BCUT2D eigenvalue weighted by atomic mass is 16.5. The van der Waals surface area contributed by atoms with Gasteiger partial charge in [0.05, 0.1) is 18.2 Å². The monoisotopic (exact) mass is 478 g/mol. The number of hydrogen-bond donors (Lipinski definition) is 1. The molecule has 1 atom stereocenters. The highest BCUT2D eigenvalue weighted by molar-refractivity contribution is 6.46. The second-order valence-corrected chi connectivity index (χ2v) is 9.25. The molecular weight excluding hydrogens is 440 g/mol. The molecule has 0 aliphatic carbocycles. The Morgan fingerprint density at radius 2 is 1.71 bits per heavy atom. The number of likely N-dealkylation sites (tertiary alicyclic amines) is 1. The second-order valence-electron chi connectivity index (χ2n) is 9.25. The van der Waals surface area contributed by atoms with Crippen LogP contribution in [0.4, 0.5) is 0 Å². The van der Waals surface area contributed by atoms with E-state index < -0.39 is 17.7 Å². The highest BCUT2D eigenvalue weighted by Crippen LogP contribution is 2.40. The number of aliphatic hydroxyl groups excluding tert-OH is 1. The van der Waals surface area contributed by atoms with Gasteiger partial charge in [0.15, 0.2) is 0 Å². The number of hydrogen-bond acceptors (Lipinski definition) is 5. The van der Waals surface area contributed by atoms with Crippen LogP contribution >= 0.6 is 0 Å². The molecule has 0 aromatic heterocycles. The summed E-state index contributed by atoms with van der Waals surface area (Å²) in [6.45, 7) is 15.5. The molecule has 0 unspecified atom stereocenters. The SMILES string of the molecule is CCOc1ccc(C(O)=C2C(=O)C(=O)N(CCN(CC)CC)[C@H]2c2ccc(C(C)C)cc2)c(C)c1. The zero-order chi connectivity index (χ0) is 25.7. The van der Waals surface area contributed by atoms with Gasteiger partial charge in [-0.25, -0.2) is 0 Å². The lowest BCUT2D eigenvalue weighted by Gasteiger charge is -2.28. The summed E-state index contributed by atoms with van der Waals surface area (Å²) in [7, 11) is 0. The van der Waals surface area contributed by atoms with Crippen LogP contribution in [0.25, 0.3) is 5.76 Å². The number of ether oxygens (including phenoxy) is 1. The molecule has 1 aliphatic heterocycles. The van der Waals surface area contributed by atoms with Crippen LogP contribution in [0.2, 0.25) is 0 Å². The summed E-state index contributed by atoms with van der Waals surface area (Å²) in [4.78, 5) is 30.4. The second kappa shape index (κ2) is 11.5. The molecule has 2 aromatic rings. The van der Waals surface area contributed by atoms with Crippen LogP contribution < -0.4 is 4.74 Å². The van der Waals surface area contributed by atoms with E-state index in [1.807, 2.05) is 44.2 Å². The minimum Gasteiger partial charge on any atom is -0.507 e. The first-order chi connectivity index (χ1) is 16.7. The average molecular weight is 479 g/mol. The highest BCUT2D eigenvalue weighted by Gasteiger charge is 2.46. The van der Waals surface area contributed by atoms with Crippen molar-refractivity contribution < 1.29 is 19.4 Å². The molecule has 0 bridgehead atoms. The summed E-state index contributed by atoms with van der Waals surface area (Å²) in [5.41, 5.74) is 3.43. The molecule has 6 heteroatoms. The third-order valence-corrected chi connectivity index (χ3v) is 6.77. The Morgan fingerprint density at radius 1 is 1.06 bits per heavy atom. The van der Waals surface area contributed by atoms with Crippen LogP contribution in [0.15, 0.2) is 48.0 Å². The molecule has 0 spiro atoms. The van der Waals surface area contributed by atoms with E-state index in [0.29, 0.717) is 36.9 Å². The van der Waals surface area contributed by atoms with Crippen LogP contribution in [0.1, 0.15) is 68.8 Å². The average Bonchev–Trinajstić information content (AvgIpc) is 3.09. The van der Waals surface area contributed by atoms with Gasteiger partial charge >= 0.3 is 0 Å². The Morgan fingerprint density at radius 3 is 2.26 bits per heavy atom. The van der Waals surface area contributed by atoms with Crippen LogP contribution in [0, 0.1) is 6.92 Å². The summed E-state index contributed by atoms with van der Waals surface area (Å²) in [6.07, 6.45) is 0. The predicted octanol–water partition coefficient (Wildman–Crippen LogP) is 5.28. The van der Waals surface area contributed by atoms with Gasteiger partial charge < -0.3 is 19.6 Å². The number of benzene rings is 2. The van der Waals surface area contributed by atoms with Crippen molar-refractivity contribution in [2.45, 2.75) is 53.5 Å². The lowest BCUT2D eigenvalue weighted by molar-refractivity contribution is -0.140. The van der Waals surface area contributed by atoms with Crippen molar-refractivity contribution >= 4 is 17.4 Å². The summed E-state index contributed by atoms with van der Waals surface area (Å²) in [5, 5.41) is 11.4. The Balaban J connectivity index is 2.11. The Kier molecular flexibility index (Phi) is 8.73. The zero-order valence-corrected chi connectivity index (χ0v) is 21.8. The largest absolute Gasteiger partial charge is 0.507 e. The van der Waals surface area contributed by atoms with Gasteiger partial charge in [-0.2, -0.15) is 0 Å². The van der Waals surface area contributed by atoms with Gasteiger partial charge in [-0.1, -0.05) is 52.0 Å². The molecule has 1 aliphatic rings. The Hall–Kier alpha value is -3.12. The van der Waals surface area contributed by atoms with E-state index in [9.17, 15) is 14.7 Å². The summed E-state index contributed by atoms with van der Waals surface area (Å²) in [6, 6.07) is 12.7. The number of Topliss-reactive ketones (excluding diaryl/α,β-unsaturated/α-hetero) is 1. The normalized spacial score (nSPS) is 17.6. The predicted molar refractivity (Wildman–Crippen MR) is 140 cm³/mol. The number of carbonyl (C=O) groups is 2. The number of amides is 1. The molecule has 2 aromatic carbocycles. The van der Waals surface area contributed by atoms with Crippen molar-refractivity contribution in [1.29, 1.82) is 0 Å². The lowest BCUT2D eigenvalue weighted by atomic mass is 9.92. The van der Waals surface area contributed by atoms with Crippen molar-refractivity contribution in [3.8, 4) is 5.75 Å². The number of rotatable bonds is 10. The molecule has 0 saturated carbocycles. The maximum Gasteiger partial charge on any atom is 0.295 e. The smallest absolute Gasteiger partial charge is 0.295 e. The maximum absolute atomic E-state index is 13.3. The fourth-order valence-corrected chi connectivity index (χ4v) is 4.61. The van der Waals surface area contributed by atoms with Crippen molar-refractivity contribution in [3.63, 3.8) is 0 Å². The number of ketones is 1. The van der Waals surface area contributed by atoms with Crippen LogP contribution in [0.3, 0.4) is 0 Å². The molecule has 35 heavy (non-hydrogen) atoms. The summed E-state index contributed by atoms with van der Waals surface area (Å²) in [5.74, 6) is -0.299. The van der Waals surface area contributed by atoms with Crippen molar-refractivity contribution in [2.75, 3.05) is 32.8 Å². The summed E-state index contributed by atoms with van der Waals surface area (Å²) < 4.78 is 5.57. The molecule has 1 N–H and O–H groups in total. The standard InChI is InChI=1S/C29H38N2O4/c1-7-30(8-2)16-17-31-26(22-12-10-21(11-13-22)19(4)5)25(28(33)29(31)34)27(32)24-15-14-23(35-9-3)18-20(24)6/h10-15,18-19,26,32H,7-9,16-17H2,1-6H3/t26-/m0/s1. The molecule has 188 valence electrons. The molecule has 6 nitrogen and oxygen atoms in total. The minimum atomic E-state index is -0.645. The van der Waals surface area contributed by atoms with E-state index in [0.717, 1.165) is 24.2 Å². The quantitative estimate of drug-likeness (QED) is 0.286. The lowest BCUT2D eigenvalue weighted by Crippen LogP contribution is -2.38. The first-order valence-electron chi connectivity index (χ1n) is 12.6. The van der Waals surface area contributed by atoms with Crippen LogP contribution in [-0.4, -0.2) is 59.4 Å². The number of carbonyl (C=O) groups excluding carboxylic acids is 2. The first kappa shape index (κ1) is 26.5. The van der Waals surface area contributed by atoms with E-state index in [4.69, 9.17) is 4.74 Å². The maximum atomic E-state index is 13.3. The molecule has 3 rings (SSSR count). The van der Waals surface area contributed by atoms with E-state index in [1.165, 1.54) is 5.56 Å². The van der Waals surface area contributed by atoms with Gasteiger partial charge in [0.1, 0.15) is 11.5 Å². The molecular formula is C29H38N2O4. The van der Waals surface area contributed by atoms with Gasteiger partial charge in [-0.3, -0.25) is 9.59 Å². The topological polar surface area (TPSA) is 70.1 Å². The minimum absolute atomic E-state index is 0.138. The number of likely N-dealkylation sites (N-methyl/N-ethyl adjacent to an activating group) is 1. The fraction of sp³-hybridized carbons (Fsp3) is 0.448. The fourth-order valence-electron chi connectivity index (χ4n) is 4.61. The van der Waals surface area contributed by atoms with Crippen LogP contribution in [-0.2, 0) is 9.59 Å². The Labute approximate surface area is 209 Å². The molecule has 0 radical (unpaired) electrons. The van der Waals surface area contributed by atoms with Gasteiger partial charge in [0, 0.05) is 18.7 Å². The van der Waals surface area contributed by atoms with Gasteiger partial charge in [0.2, 0.25) is 0 Å². The van der Waals surface area contributed by atoms with E-state index in [2.05, 4.69) is 32.6 Å². The molecule has 1 amide bonds.